The zero-order valence-electron chi connectivity index (χ0n) is 8.72. The van der Waals surface area contributed by atoms with E-state index in [1.165, 1.54) is 6.07 Å². The Morgan fingerprint density at radius 2 is 2.20 bits per heavy atom. The summed E-state index contributed by atoms with van der Waals surface area (Å²) in [4.78, 5) is 0. The van der Waals surface area contributed by atoms with Crippen LogP contribution in [-0.4, -0.2) is 19.7 Å². The van der Waals surface area contributed by atoms with Gasteiger partial charge >= 0.3 is 0 Å². The molecule has 0 aliphatic carbocycles. The Morgan fingerprint density at radius 1 is 1.40 bits per heavy atom. The molecule has 0 heterocycles. The van der Waals surface area contributed by atoms with Gasteiger partial charge in [0.05, 0.1) is 5.02 Å². The van der Waals surface area contributed by atoms with Gasteiger partial charge in [-0.3, -0.25) is 0 Å². The molecular formula is C11H15ClFNO. The number of hydrogen-bond donors (Lipinski definition) is 1. The van der Waals surface area contributed by atoms with Crippen LogP contribution in [0.1, 0.15) is 13.3 Å². The van der Waals surface area contributed by atoms with Crippen LogP contribution >= 0.6 is 11.6 Å². The van der Waals surface area contributed by atoms with E-state index < -0.39 is 5.82 Å². The summed E-state index contributed by atoms with van der Waals surface area (Å²) < 4.78 is 18.4. The van der Waals surface area contributed by atoms with Gasteiger partial charge < -0.3 is 10.1 Å². The molecule has 4 heteroatoms. The monoisotopic (exact) mass is 231 g/mol. The largest absolute Gasteiger partial charge is 0.488 e. The molecule has 0 unspecified atom stereocenters. The van der Waals surface area contributed by atoms with E-state index in [-0.39, 0.29) is 5.75 Å². The molecule has 0 saturated heterocycles. The summed E-state index contributed by atoms with van der Waals surface area (Å²) in [5.74, 6) is -0.282. The number of rotatable bonds is 6. The van der Waals surface area contributed by atoms with E-state index in [1.807, 2.05) is 0 Å². The number of ether oxygens (including phenoxy) is 1. The van der Waals surface area contributed by atoms with Crippen molar-refractivity contribution in [2.45, 2.75) is 13.3 Å². The predicted octanol–water partition coefficient (Wildman–Crippen LogP) is 2.86. The third kappa shape index (κ3) is 4.06. The molecule has 0 aromatic heterocycles. The summed E-state index contributed by atoms with van der Waals surface area (Å²) in [7, 11) is 0. The number of benzene rings is 1. The highest BCUT2D eigenvalue weighted by Crippen LogP contribution is 2.26. The predicted molar refractivity (Wildman–Crippen MR) is 60.1 cm³/mol. The first kappa shape index (κ1) is 12.3. The normalized spacial score (nSPS) is 10.3. The summed E-state index contributed by atoms with van der Waals surface area (Å²) >= 11 is 5.78. The van der Waals surface area contributed by atoms with Crippen molar-refractivity contribution in [3.63, 3.8) is 0 Å². The summed E-state index contributed by atoms with van der Waals surface area (Å²) in [6, 6.07) is 4.50. The molecular weight excluding hydrogens is 217 g/mol. The lowest BCUT2D eigenvalue weighted by atomic mass is 10.3. The minimum absolute atomic E-state index is 0.137. The van der Waals surface area contributed by atoms with E-state index >= 15 is 0 Å². The smallest absolute Gasteiger partial charge is 0.173 e. The maximum absolute atomic E-state index is 13.2. The molecule has 2 nitrogen and oxygen atoms in total. The second-order valence-electron chi connectivity index (χ2n) is 3.15. The SMILES string of the molecule is CCCNCCOc1c(F)cccc1Cl. The second kappa shape index (κ2) is 6.64. The zero-order chi connectivity index (χ0) is 11.1. The topological polar surface area (TPSA) is 21.3 Å². The summed E-state index contributed by atoms with van der Waals surface area (Å²) in [6.07, 6.45) is 1.07. The molecule has 0 spiro atoms. The van der Waals surface area contributed by atoms with Crippen LogP contribution in [-0.2, 0) is 0 Å². The fourth-order valence-corrected chi connectivity index (χ4v) is 1.37. The number of hydrogen-bond acceptors (Lipinski definition) is 2. The molecule has 1 aromatic rings. The molecule has 0 radical (unpaired) electrons. The van der Waals surface area contributed by atoms with Crippen molar-refractivity contribution in [1.29, 1.82) is 0 Å². The molecule has 0 fully saturated rings. The van der Waals surface area contributed by atoms with Crippen LogP contribution in [0.3, 0.4) is 0 Å². The third-order valence-electron chi connectivity index (χ3n) is 1.87. The first-order chi connectivity index (χ1) is 7.25. The van der Waals surface area contributed by atoms with Crippen molar-refractivity contribution in [3.05, 3.63) is 29.0 Å². The van der Waals surface area contributed by atoms with Crippen LogP contribution in [0.25, 0.3) is 0 Å². The van der Waals surface area contributed by atoms with Gasteiger partial charge in [0, 0.05) is 6.54 Å². The average Bonchev–Trinajstić information content (AvgIpc) is 2.21. The van der Waals surface area contributed by atoms with E-state index in [0.717, 1.165) is 13.0 Å². The number of para-hydroxylation sites is 1. The standard InChI is InChI=1S/C11H15ClFNO/c1-2-6-14-7-8-15-11-9(12)4-3-5-10(11)13/h3-5,14H,2,6-8H2,1H3. The molecule has 0 atom stereocenters. The van der Waals surface area contributed by atoms with Gasteiger partial charge in [0.15, 0.2) is 11.6 Å². The average molecular weight is 232 g/mol. The van der Waals surface area contributed by atoms with Gasteiger partial charge in [0.2, 0.25) is 0 Å². The molecule has 1 N–H and O–H groups in total. The molecule has 0 aliphatic rings. The fourth-order valence-electron chi connectivity index (χ4n) is 1.15. The Morgan fingerprint density at radius 3 is 2.87 bits per heavy atom. The molecule has 0 bridgehead atoms. The molecule has 84 valence electrons. The Bertz CT molecular complexity index is 286. The van der Waals surface area contributed by atoms with Crippen molar-refractivity contribution in [2.24, 2.45) is 0 Å². The Labute approximate surface area is 94.4 Å². The van der Waals surface area contributed by atoms with Gasteiger partial charge in [-0.2, -0.15) is 0 Å². The summed E-state index contributed by atoms with van der Waals surface area (Å²) in [6.45, 7) is 4.13. The van der Waals surface area contributed by atoms with Gasteiger partial charge in [-0.05, 0) is 25.1 Å². The molecule has 0 aliphatic heterocycles. The maximum atomic E-state index is 13.2. The Hall–Kier alpha value is -0.800. The van der Waals surface area contributed by atoms with Gasteiger partial charge in [-0.1, -0.05) is 24.6 Å². The maximum Gasteiger partial charge on any atom is 0.173 e. The highest BCUT2D eigenvalue weighted by molar-refractivity contribution is 6.32. The fraction of sp³-hybridized carbons (Fsp3) is 0.455. The van der Waals surface area contributed by atoms with Gasteiger partial charge in [-0.25, -0.2) is 4.39 Å². The minimum Gasteiger partial charge on any atom is -0.488 e. The molecule has 15 heavy (non-hydrogen) atoms. The van der Waals surface area contributed by atoms with Gasteiger partial charge in [0.25, 0.3) is 0 Å². The summed E-state index contributed by atoms with van der Waals surface area (Å²) in [5.41, 5.74) is 0. The van der Waals surface area contributed by atoms with E-state index in [9.17, 15) is 4.39 Å². The van der Waals surface area contributed by atoms with Crippen molar-refractivity contribution in [1.82, 2.24) is 5.32 Å². The van der Waals surface area contributed by atoms with Crippen LogP contribution in [0.5, 0.6) is 5.75 Å². The van der Waals surface area contributed by atoms with Crippen molar-refractivity contribution in [2.75, 3.05) is 19.7 Å². The lowest BCUT2D eigenvalue weighted by molar-refractivity contribution is 0.299. The van der Waals surface area contributed by atoms with Crippen molar-refractivity contribution in [3.8, 4) is 5.75 Å². The lowest BCUT2D eigenvalue weighted by Gasteiger charge is -2.09. The van der Waals surface area contributed by atoms with Crippen molar-refractivity contribution >= 4 is 11.6 Å². The van der Waals surface area contributed by atoms with E-state index in [2.05, 4.69) is 12.2 Å². The van der Waals surface area contributed by atoms with Crippen LogP contribution in [0.15, 0.2) is 18.2 Å². The highest BCUT2D eigenvalue weighted by Gasteiger charge is 2.06. The zero-order valence-corrected chi connectivity index (χ0v) is 9.48. The third-order valence-corrected chi connectivity index (χ3v) is 2.17. The summed E-state index contributed by atoms with van der Waals surface area (Å²) in [5, 5.41) is 3.46. The first-order valence-electron chi connectivity index (χ1n) is 5.03. The lowest BCUT2D eigenvalue weighted by Crippen LogP contribution is -2.21. The van der Waals surface area contributed by atoms with E-state index in [1.54, 1.807) is 12.1 Å². The number of halogens is 2. The van der Waals surface area contributed by atoms with Crippen LogP contribution < -0.4 is 10.1 Å². The molecule has 0 saturated carbocycles. The van der Waals surface area contributed by atoms with Gasteiger partial charge in [0.1, 0.15) is 6.61 Å². The minimum atomic E-state index is -0.419. The first-order valence-corrected chi connectivity index (χ1v) is 5.41. The van der Waals surface area contributed by atoms with Gasteiger partial charge in [-0.15, -0.1) is 0 Å². The Balaban J connectivity index is 2.37. The Kier molecular flexibility index (Phi) is 5.43. The molecule has 1 aromatic carbocycles. The molecule has 1 rings (SSSR count). The number of nitrogens with one attached hydrogen (secondary N) is 1. The van der Waals surface area contributed by atoms with Crippen molar-refractivity contribution < 1.29 is 9.13 Å². The van der Waals surface area contributed by atoms with Crippen LogP contribution in [0, 0.1) is 5.82 Å². The molecule has 0 amide bonds. The van der Waals surface area contributed by atoms with E-state index in [0.29, 0.717) is 18.2 Å². The van der Waals surface area contributed by atoms with Crippen LogP contribution in [0.4, 0.5) is 4.39 Å². The quantitative estimate of drug-likeness (QED) is 0.761. The van der Waals surface area contributed by atoms with E-state index in [4.69, 9.17) is 16.3 Å². The second-order valence-corrected chi connectivity index (χ2v) is 3.56. The highest BCUT2D eigenvalue weighted by atomic mass is 35.5. The van der Waals surface area contributed by atoms with Crippen LogP contribution in [0.2, 0.25) is 5.02 Å².